The number of carbonyl (C=O) groups excluding carboxylic acids is 1. The first kappa shape index (κ1) is 19.0. The van der Waals surface area contributed by atoms with Gasteiger partial charge >= 0.3 is 0 Å². The van der Waals surface area contributed by atoms with E-state index in [2.05, 4.69) is 14.9 Å². The zero-order valence-electron chi connectivity index (χ0n) is 15.5. The Morgan fingerprint density at radius 1 is 1.20 bits per heavy atom. The second kappa shape index (κ2) is 9.25. The monoisotopic (exact) mass is 343 g/mol. The van der Waals surface area contributed by atoms with Crippen LogP contribution in [0, 0.1) is 0 Å². The van der Waals surface area contributed by atoms with Crippen molar-refractivity contribution in [2.24, 2.45) is 0 Å². The van der Waals surface area contributed by atoms with Crippen molar-refractivity contribution in [3.05, 3.63) is 48.5 Å². The topological polar surface area (TPSA) is 56.1 Å². The van der Waals surface area contributed by atoms with Crippen LogP contribution < -0.4 is 10.1 Å². The number of methoxy groups -OCH3 is 1. The minimum Gasteiger partial charge on any atom is -0.496 e. The number of benzene rings is 1. The molecule has 0 unspecified atom stereocenters. The van der Waals surface area contributed by atoms with Crippen LogP contribution in [0.4, 0.5) is 0 Å². The van der Waals surface area contributed by atoms with Gasteiger partial charge in [0, 0.05) is 31.0 Å². The molecule has 5 heteroatoms. The van der Waals surface area contributed by atoms with Crippen molar-refractivity contribution in [1.82, 2.24) is 14.9 Å². The number of rotatable bonds is 10. The smallest absolute Gasteiger partial charge is 0.230 e. The fourth-order valence-electron chi connectivity index (χ4n) is 2.90. The van der Waals surface area contributed by atoms with Crippen LogP contribution in [0.3, 0.4) is 0 Å². The zero-order valence-corrected chi connectivity index (χ0v) is 15.5. The van der Waals surface area contributed by atoms with Gasteiger partial charge in [0.05, 0.1) is 18.9 Å². The third-order valence-corrected chi connectivity index (χ3v) is 4.54. The van der Waals surface area contributed by atoms with Crippen LogP contribution in [-0.2, 0) is 16.8 Å². The number of hydrogen-bond donors (Lipinski definition) is 1. The standard InChI is InChI=1S/C20H29N3O2/c1-20(2,17-10-6-7-11-18(17)25-3)19(24)22-12-8-4-5-9-14-23-15-13-21-16-23/h6-7,10-11,13,15-16H,4-5,8-9,12,14H2,1-3H3,(H,22,24). The van der Waals surface area contributed by atoms with Gasteiger partial charge in [0.2, 0.25) is 5.91 Å². The lowest BCUT2D eigenvalue weighted by atomic mass is 9.83. The molecule has 2 rings (SSSR count). The normalized spacial score (nSPS) is 11.3. The van der Waals surface area contributed by atoms with E-state index in [0.29, 0.717) is 6.54 Å². The summed E-state index contributed by atoms with van der Waals surface area (Å²) in [4.78, 5) is 16.6. The van der Waals surface area contributed by atoms with Crippen molar-refractivity contribution in [1.29, 1.82) is 0 Å². The van der Waals surface area contributed by atoms with Gasteiger partial charge in [-0.25, -0.2) is 4.98 Å². The van der Waals surface area contributed by atoms with Crippen LogP contribution in [0.2, 0.25) is 0 Å². The Morgan fingerprint density at radius 2 is 1.96 bits per heavy atom. The van der Waals surface area contributed by atoms with Crippen molar-refractivity contribution < 1.29 is 9.53 Å². The number of nitrogens with one attached hydrogen (secondary N) is 1. The van der Waals surface area contributed by atoms with Gasteiger partial charge in [-0.15, -0.1) is 0 Å². The van der Waals surface area contributed by atoms with Gasteiger partial charge < -0.3 is 14.6 Å². The predicted octanol–water partition coefficient (Wildman–Crippen LogP) is 3.55. The van der Waals surface area contributed by atoms with E-state index in [-0.39, 0.29) is 5.91 Å². The minimum absolute atomic E-state index is 0.0374. The molecule has 2 aromatic rings. The number of ether oxygens (including phenoxy) is 1. The van der Waals surface area contributed by atoms with Crippen molar-refractivity contribution >= 4 is 5.91 Å². The molecule has 1 amide bonds. The van der Waals surface area contributed by atoms with Crippen molar-refractivity contribution in [2.45, 2.75) is 51.5 Å². The Bertz CT molecular complexity index is 651. The Kier molecular flexibility index (Phi) is 7.04. The second-order valence-corrected chi connectivity index (χ2v) is 6.80. The highest BCUT2D eigenvalue weighted by Crippen LogP contribution is 2.31. The maximum Gasteiger partial charge on any atom is 0.230 e. The lowest BCUT2D eigenvalue weighted by molar-refractivity contribution is -0.125. The second-order valence-electron chi connectivity index (χ2n) is 6.80. The van der Waals surface area contributed by atoms with Crippen molar-refractivity contribution in [2.75, 3.05) is 13.7 Å². The average molecular weight is 343 g/mol. The molecule has 0 spiro atoms. The minimum atomic E-state index is -0.617. The molecule has 0 radical (unpaired) electrons. The number of hydrogen-bond acceptors (Lipinski definition) is 3. The summed E-state index contributed by atoms with van der Waals surface area (Å²) in [6, 6.07) is 7.70. The lowest BCUT2D eigenvalue weighted by Crippen LogP contribution is -2.40. The molecule has 5 nitrogen and oxygen atoms in total. The fraction of sp³-hybridized carbons (Fsp3) is 0.500. The highest BCUT2D eigenvalue weighted by atomic mass is 16.5. The summed E-state index contributed by atoms with van der Waals surface area (Å²) in [6.07, 6.45) is 10.0. The molecule has 1 heterocycles. The van der Waals surface area contributed by atoms with E-state index >= 15 is 0 Å². The predicted molar refractivity (Wildman–Crippen MR) is 99.7 cm³/mol. The molecule has 0 atom stereocenters. The zero-order chi connectivity index (χ0) is 18.1. The molecule has 0 saturated heterocycles. The fourth-order valence-corrected chi connectivity index (χ4v) is 2.90. The van der Waals surface area contributed by atoms with E-state index in [1.807, 2.05) is 50.6 Å². The number of imidazole rings is 1. The van der Waals surface area contributed by atoms with Gasteiger partial charge in [0.1, 0.15) is 5.75 Å². The van der Waals surface area contributed by atoms with Gasteiger partial charge in [-0.2, -0.15) is 0 Å². The van der Waals surface area contributed by atoms with Crippen molar-refractivity contribution in [3.8, 4) is 5.75 Å². The third kappa shape index (κ3) is 5.34. The highest BCUT2D eigenvalue weighted by Gasteiger charge is 2.32. The largest absolute Gasteiger partial charge is 0.496 e. The average Bonchev–Trinajstić information content (AvgIpc) is 3.14. The van der Waals surface area contributed by atoms with Crippen LogP contribution in [-0.4, -0.2) is 29.1 Å². The van der Waals surface area contributed by atoms with Gasteiger partial charge in [0.15, 0.2) is 0 Å². The summed E-state index contributed by atoms with van der Waals surface area (Å²) in [7, 11) is 1.64. The van der Waals surface area contributed by atoms with Gasteiger partial charge in [0.25, 0.3) is 0 Å². The summed E-state index contributed by atoms with van der Waals surface area (Å²) in [6.45, 7) is 5.59. The first-order valence-corrected chi connectivity index (χ1v) is 8.93. The summed E-state index contributed by atoms with van der Waals surface area (Å²) >= 11 is 0. The van der Waals surface area contributed by atoms with E-state index in [4.69, 9.17) is 4.74 Å². The SMILES string of the molecule is COc1ccccc1C(C)(C)C(=O)NCCCCCCn1ccnc1. The molecule has 0 saturated carbocycles. The Labute approximate surface area is 150 Å². The number of nitrogens with zero attached hydrogens (tertiary/aromatic N) is 2. The van der Waals surface area contributed by atoms with E-state index < -0.39 is 5.41 Å². The van der Waals surface area contributed by atoms with Gasteiger partial charge in [-0.3, -0.25) is 4.79 Å². The van der Waals surface area contributed by atoms with Crippen LogP contribution in [0.5, 0.6) is 5.75 Å². The molecular formula is C20H29N3O2. The van der Waals surface area contributed by atoms with Crippen LogP contribution in [0.15, 0.2) is 43.0 Å². The molecule has 136 valence electrons. The van der Waals surface area contributed by atoms with Gasteiger partial charge in [-0.1, -0.05) is 31.0 Å². The first-order valence-electron chi connectivity index (χ1n) is 8.93. The van der Waals surface area contributed by atoms with E-state index in [0.717, 1.165) is 43.5 Å². The molecule has 1 N–H and O–H groups in total. The maximum atomic E-state index is 12.6. The number of unbranched alkanes of at least 4 members (excludes halogenated alkanes) is 3. The number of para-hydroxylation sites is 1. The molecule has 1 aromatic carbocycles. The third-order valence-electron chi connectivity index (χ3n) is 4.54. The number of aryl methyl sites for hydroxylation is 1. The van der Waals surface area contributed by atoms with E-state index in [9.17, 15) is 4.79 Å². The number of amides is 1. The van der Waals surface area contributed by atoms with E-state index in [1.54, 1.807) is 13.3 Å². The molecule has 1 aromatic heterocycles. The summed E-state index contributed by atoms with van der Waals surface area (Å²) < 4.78 is 7.49. The number of carbonyl (C=O) groups is 1. The van der Waals surface area contributed by atoms with E-state index in [1.165, 1.54) is 0 Å². The maximum absolute atomic E-state index is 12.6. The van der Waals surface area contributed by atoms with Crippen molar-refractivity contribution in [3.63, 3.8) is 0 Å². The van der Waals surface area contributed by atoms with Crippen LogP contribution in [0.1, 0.15) is 45.1 Å². The molecule has 0 aliphatic heterocycles. The highest BCUT2D eigenvalue weighted by molar-refractivity contribution is 5.88. The summed E-state index contributed by atoms with van der Waals surface area (Å²) in [5.74, 6) is 0.789. The Balaban J connectivity index is 1.70. The molecule has 0 aliphatic rings. The summed E-state index contributed by atoms with van der Waals surface area (Å²) in [5, 5.41) is 3.07. The molecular weight excluding hydrogens is 314 g/mol. The first-order chi connectivity index (χ1) is 12.1. The van der Waals surface area contributed by atoms with Crippen LogP contribution >= 0.6 is 0 Å². The Hall–Kier alpha value is -2.30. The summed E-state index contributed by atoms with van der Waals surface area (Å²) in [5.41, 5.74) is 0.295. The van der Waals surface area contributed by atoms with Gasteiger partial charge in [-0.05, 0) is 32.8 Å². The molecule has 0 fully saturated rings. The Morgan fingerprint density at radius 3 is 2.68 bits per heavy atom. The lowest BCUT2D eigenvalue weighted by Gasteiger charge is -2.26. The number of aromatic nitrogens is 2. The quantitative estimate of drug-likeness (QED) is 0.671. The molecule has 0 bridgehead atoms. The van der Waals surface area contributed by atoms with Crippen LogP contribution in [0.25, 0.3) is 0 Å². The molecule has 25 heavy (non-hydrogen) atoms. The molecule has 0 aliphatic carbocycles.